The van der Waals surface area contributed by atoms with Gasteiger partial charge in [-0.3, -0.25) is 9.48 Å². The van der Waals surface area contributed by atoms with Crippen LogP contribution in [0.3, 0.4) is 0 Å². The number of amides is 1. The average Bonchev–Trinajstić information content (AvgIpc) is 3.07. The molecule has 4 rings (SSSR count). The molecule has 2 aromatic rings. The highest BCUT2D eigenvalue weighted by Crippen LogP contribution is 2.40. The van der Waals surface area contributed by atoms with Crippen molar-refractivity contribution in [3.8, 4) is 0 Å². The second kappa shape index (κ2) is 7.18. The van der Waals surface area contributed by atoms with Crippen LogP contribution >= 0.6 is 0 Å². The van der Waals surface area contributed by atoms with E-state index in [1.54, 1.807) is 9.36 Å². The summed E-state index contributed by atoms with van der Waals surface area (Å²) < 4.78 is 27.6. The summed E-state index contributed by atoms with van der Waals surface area (Å²) in [6.07, 6.45) is 2.72. The van der Waals surface area contributed by atoms with Gasteiger partial charge < -0.3 is 5.32 Å². The van der Waals surface area contributed by atoms with Crippen molar-refractivity contribution in [2.75, 3.05) is 16.8 Å². The molecule has 9 heteroatoms. The Morgan fingerprint density at radius 3 is 2.26 bits per heavy atom. The molecule has 2 aromatic heterocycles. The van der Waals surface area contributed by atoms with E-state index in [0.717, 1.165) is 24.2 Å². The molecule has 1 N–H and O–H groups in total. The van der Waals surface area contributed by atoms with Gasteiger partial charge in [0.2, 0.25) is 0 Å². The molecular formula is C22H33N5O3S. The second-order valence-electron chi connectivity index (χ2n) is 10.9. The third-order valence-corrected chi connectivity index (χ3v) is 7.64. The summed E-state index contributed by atoms with van der Waals surface area (Å²) in [5, 5.41) is 12.4. The first-order valence-electron chi connectivity index (χ1n) is 11.0. The van der Waals surface area contributed by atoms with Gasteiger partial charge in [-0.1, -0.05) is 20.8 Å². The molecule has 0 spiro atoms. The Hall–Kier alpha value is -2.16. The summed E-state index contributed by atoms with van der Waals surface area (Å²) in [6, 6.07) is 3.48. The minimum absolute atomic E-state index is 0.0485. The highest BCUT2D eigenvalue weighted by molar-refractivity contribution is 7.91. The maximum atomic E-state index is 13.4. The number of carbonyl (C=O) groups is 1. The van der Waals surface area contributed by atoms with Gasteiger partial charge in [-0.05, 0) is 46.1 Å². The molecular weight excluding hydrogens is 414 g/mol. The molecule has 31 heavy (non-hydrogen) atoms. The number of sulfone groups is 1. The minimum Gasteiger partial charge on any atom is -0.305 e. The van der Waals surface area contributed by atoms with Crippen molar-refractivity contribution in [3.05, 3.63) is 29.2 Å². The number of carbonyl (C=O) groups excluding carboxylic acids is 1. The van der Waals surface area contributed by atoms with Crippen LogP contribution in [0.25, 0.3) is 0 Å². The van der Waals surface area contributed by atoms with Crippen LogP contribution in [0.5, 0.6) is 0 Å². The summed E-state index contributed by atoms with van der Waals surface area (Å²) in [6.45, 7) is 12.2. The SMILES string of the molecule is CC(C)(C)c1cc(NC(=O)c2cc(C3CC3)nn2C(C)(C)C)n(C2CCS(=O)(=O)C2)n1. The number of aromatic nitrogens is 4. The minimum atomic E-state index is -3.08. The van der Waals surface area contributed by atoms with Crippen LogP contribution in [0.15, 0.2) is 12.1 Å². The molecule has 1 amide bonds. The van der Waals surface area contributed by atoms with Crippen molar-refractivity contribution in [1.29, 1.82) is 0 Å². The third-order valence-electron chi connectivity index (χ3n) is 5.89. The number of hydrogen-bond donors (Lipinski definition) is 1. The lowest BCUT2D eigenvalue weighted by Gasteiger charge is -2.22. The van der Waals surface area contributed by atoms with Gasteiger partial charge in [0, 0.05) is 17.4 Å². The van der Waals surface area contributed by atoms with Crippen LogP contribution in [-0.4, -0.2) is 45.4 Å². The molecule has 0 radical (unpaired) electrons. The molecule has 2 aliphatic rings. The van der Waals surface area contributed by atoms with Crippen molar-refractivity contribution >= 4 is 21.6 Å². The highest BCUT2D eigenvalue weighted by Gasteiger charge is 2.34. The van der Waals surface area contributed by atoms with Gasteiger partial charge in [-0.2, -0.15) is 10.2 Å². The van der Waals surface area contributed by atoms with Crippen LogP contribution in [0, 0.1) is 0 Å². The van der Waals surface area contributed by atoms with Gasteiger partial charge in [0.1, 0.15) is 11.5 Å². The number of nitrogens with one attached hydrogen (secondary N) is 1. The Kier molecular flexibility index (Phi) is 5.11. The number of rotatable bonds is 4. The van der Waals surface area contributed by atoms with Gasteiger partial charge in [0.15, 0.2) is 9.84 Å². The molecule has 0 bridgehead atoms. The lowest BCUT2D eigenvalue weighted by atomic mass is 9.92. The molecule has 1 atom stereocenters. The first-order chi connectivity index (χ1) is 14.2. The van der Waals surface area contributed by atoms with E-state index in [9.17, 15) is 13.2 Å². The number of nitrogens with zero attached hydrogens (tertiary/aromatic N) is 4. The van der Waals surface area contributed by atoms with E-state index in [2.05, 4.69) is 5.32 Å². The summed E-state index contributed by atoms with van der Waals surface area (Å²) in [7, 11) is -3.08. The monoisotopic (exact) mass is 447 g/mol. The van der Waals surface area contributed by atoms with Gasteiger partial charge in [0.05, 0.1) is 34.5 Å². The Balaban J connectivity index is 1.69. The topological polar surface area (TPSA) is 98.9 Å². The van der Waals surface area contributed by atoms with Crippen LogP contribution in [0.2, 0.25) is 0 Å². The molecule has 2 fully saturated rings. The summed E-state index contributed by atoms with van der Waals surface area (Å²) in [4.78, 5) is 13.4. The molecule has 1 aliphatic heterocycles. The quantitative estimate of drug-likeness (QED) is 0.772. The summed E-state index contributed by atoms with van der Waals surface area (Å²) in [5.41, 5.74) is 1.73. The zero-order valence-corrected chi connectivity index (χ0v) is 20.1. The largest absolute Gasteiger partial charge is 0.305 e. The van der Waals surface area contributed by atoms with Gasteiger partial charge >= 0.3 is 0 Å². The maximum Gasteiger partial charge on any atom is 0.275 e. The fourth-order valence-corrected chi connectivity index (χ4v) is 5.62. The molecule has 3 heterocycles. The standard InChI is InChI=1S/C22H33N5O3S/c1-21(2,3)18-12-19(26(25-18)15-9-10-31(29,30)13-15)23-20(28)17-11-16(14-7-8-14)24-27(17)22(4,5)6/h11-12,14-15H,7-10,13H2,1-6H3,(H,23,28). The zero-order chi connectivity index (χ0) is 22.8. The normalized spacial score (nSPS) is 21.4. The molecule has 8 nitrogen and oxygen atoms in total. The Morgan fingerprint density at radius 1 is 1.06 bits per heavy atom. The van der Waals surface area contributed by atoms with E-state index in [4.69, 9.17) is 10.2 Å². The Labute approximate surface area is 184 Å². The van der Waals surface area contributed by atoms with Crippen LogP contribution in [0.1, 0.15) is 94.6 Å². The van der Waals surface area contributed by atoms with Crippen molar-refractivity contribution in [1.82, 2.24) is 19.6 Å². The molecule has 1 unspecified atom stereocenters. The molecule has 1 saturated carbocycles. The van der Waals surface area contributed by atoms with E-state index in [1.165, 1.54) is 0 Å². The lowest BCUT2D eigenvalue weighted by Crippen LogP contribution is -2.29. The van der Waals surface area contributed by atoms with Crippen LogP contribution in [0.4, 0.5) is 5.82 Å². The highest BCUT2D eigenvalue weighted by atomic mass is 32.2. The molecule has 170 valence electrons. The van der Waals surface area contributed by atoms with Crippen LogP contribution < -0.4 is 5.32 Å². The van der Waals surface area contributed by atoms with E-state index >= 15 is 0 Å². The molecule has 1 saturated heterocycles. The van der Waals surface area contributed by atoms with Gasteiger partial charge in [0.25, 0.3) is 5.91 Å². The van der Waals surface area contributed by atoms with Gasteiger partial charge in [-0.25, -0.2) is 13.1 Å². The predicted octanol–water partition coefficient (Wildman–Crippen LogP) is 3.62. The fourth-order valence-electron chi connectivity index (χ4n) is 3.93. The smallest absolute Gasteiger partial charge is 0.275 e. The number of anilines is 1. The molecule has 0 aromatic carbocycles. The van der Waals surface area contributed by atoms with E-state index in [0.29, 0.717) is 23.9 Å². The number of hydrogen-bond acceptors (Lipinski definition) is 5. The van der Waals surface area contributed by atoms with Crippen molar-refractivity contribution in [3.63, 3.8) is 0 Å². The first kappa shape index (κ1) is 22.0. The average molecular weight is 448 g/mol. The second-order valence-corrected chi connectivity index (χ2v) is 13.2. The fraction of sp³-hybridized carbons (Fsp3) is 0.682. The Bertz CT molecular complexity index is 1110. The van der Waals surface area contributed by atoms with Gasteiger partial charge in [-0.15, -0.1) is 0 Å². The Morgan fingerprint density at radius 2 is 1.74 bits per heavy atom. The first-order valence-corrected chi connectivity index (χ1v) is 12.8. The maximum absolute atomic E-state index is 13.4. The van der Waals surface area contributed by atoms with E-state index in [-0.39, 0.29) is 34.4 Å². The third kappa shape index (κ3) is 4.56. The summed E-state index contributed by atoms with van der Waals surface area (Å²) >= 11 is 0. The lowest BCUT2D eigenvalue weighted by molar-refractivity contribution is 0.100. The van der Waals surface area contributed by atoms with E-state index in [1.807, 2.05) is 53.7 Å². The van der Waals surface area contributed by atoms with Crippen molar-refractivity contribution < 1.29 is 13.2 Å². The predicted molar refractivity (Wildman–Crippen MR) is 120 cm³/mol. The van der Waals surface area contributed by atoms with E-state index < -0.39 is 9.84 Å². The zero-order valence-electron chi connectivity index (χ0n) is 19.3. The van der Waals surface area contributed by atoms with Crippen molar-refractivity contribution in [2.24, 2.45) is 0 Å². The van der Waals surface area contributed by atoms with Crippen LogP contribution in [-0.2, 0) is 20.8 Å². The van der Waals surface area contributed by atoms with Crippen molar-refractivity contribution in [2.45, 2.75) is 83.7 Å². The summed E-state index contributed by atoms with van der Waals surface area (Å²) in [5.74, 6) is 0.921. The molecule has 1 aliphatic carbocycles.